The fraction of sp³-hybridized carbons (Fsp3) is 0.556. The van der Waals surface area contributed by atoms with Crippen molar-refractivity contribution >= 4 is 35.1 Å². The predicted octanol–water partition coefficient (Wildman–Crippen LogP) is 4.04. The number of thiocarbonyl (C=S) groups is 1. The Kier molecular flexibility index (Phi) is 6.34. The van der Waals surface area contributed by atoms with Gasteiger partial charge in [0, 0.05) is 32.7 Å². The van der Waals surface area contributed by atoms with Crippen LogP contribution < -0.4 is 4.74 Å². The van der Waals surface area contributed by atoms with Gasteiger partial charge in [-0.15, -0.1) is 0 Å². The molecule has 5 nitrogen and oxygen atoms in total. The summed E-state index contributed by atoms with van der Waals surface area (Å²) in [5, 5.41) is 0.394. The van der Waals surface area contributed by atoms with Crippen LogP contribution in [0.4, 0.5) is 9.18 Å². The van der Waals surface area contributed by atoms with Crippen LogP contribution in [-0.4, -0.2) is 53.9 Å². The summed E-state index contributed by atoms with van der Waals surface area (Å²) in [4.78, 5) is 15.6. The molecule has 1 heterocycles. The molecule has 8 heteroatoms. The van der Waals surface area contributed by atoms with Crippen molar-refractivity contribution in [2.75, 3.05) is 27.2 Å². The van der Waals surface area contributed by atoms with E-state index in [1.54, 1.807) is 23.9 Å². The second-order valence-corrected chi connectivity index (χ2v) is 8.11. The van der Waals surface area contributed by atoms with Crippen molar-refractivity contribution in [2.45, 2.75) is 39.2 Å². The third-order valence-electron chi connectivity index (χ3n) is 3.87. The Morgan fingerprint density at radius 2 is 1.85 bits per heavy atom. The van der Waals surface area contributed by atoms with Gasteiger partial charge in [0.25, 0.3) is 5.17 Å². The number of benzene rings is 1. The minimum absolute atomic E-state index is 0.163. The van der Waals surface area contributed by atoms with E-state index in [2.05, 4.69) is 0 Å². The highest BCUT2D eigenvalue weighted by molar-refractivity contribution is 7.80. The number of rotatable bonds is 1. The Labute approximate surface area is 164 Å². The van der Waals surface area contributed by atoms with Crippen molar-refractivity contribution in [2.24, 2.45) is 0 Å². The van der Waals surface area contributed by atoms with E-state index in [4.69, 9.17) is 33.3 Å². The molecule has 1 aromatic rings. The van der Waals surface area contributed by atoms with E-state index >= 15 is 0 Å². The Morgan fingerprint density at radius 1 is 1.27 bits per heavy atom. The number of nitrogens with zero attached hydrogens (tertiary/aromatic N) is 2. The lowest BCUT2D eigenvalue weighted by Crippen LogP contribution is -2.38. The summed E-state index contributed by atoms with van der Waals surface area (Å²) in [6, 6.07) is 1.23. The van der Waals surface area contributed by atoms with Crippen LogP contribution in [0.2, 0.25) is 5.02 Å². The Hall–Kier alpha value is -1.60. The third kappa shape index (κ3) is 4.98. The molecule has 0 N–H and O–H groups in total. The summed E-state index contributed by atoms with van der Waals surface area (Å²) in [5.41, 5.74) is 0.555. The van der Waals surface area contributed by atoms with Crippen molar-refractivity contribution < 1.29 is 18.7 Å². The van der Waals surface area contributed by atoms with Crippen molar-refractivity contribution in [3.05, 3.63) is 28.0 Å². The van der Waals surface area contributed by atoms with Gasteiger partial charge in [-0.1, -0.05) is 11.6 Å². The highest BCUT2D eigenvalue weighted by Crippen LogP contribution is 2.36. The lowest BCUT2D eigenvalue weighted by atomic mass is 10.0. The Morgan fingerprint density at radius 3 is 2.38 bits per heavy atom. The summed E-state index contributed by atoms with van der Waals surface area (Å²) >= 11 is 11.4. The van der Waals surface area contributed by atoms with Gasteiger partial charge in [-0.2, -0.15) is 0 Å². The van der Waals surface area contributed by atoms with Crippen LogP contribution >= 0.6 is 23.8 Å². The van der Waals surface area contributed by atoms with Gasteiger partial charge in [0.05, 0.1) is 5.02 Å². The first kappa shape index (κ1) is 20.7. The molecular weight excluding hydrogens is 379 g/mol. The maximum Gasteiger partial charge on any atom is 0.410 e. The van der Waals surface area contributed by atoms with Crippen LogP contribution in [0.3, 0.4) is 0 Å². The lowest BCUT2D eigenvalue weighted by molar-refractivity contribution is 0.0258. The zero-order chi connectivity index (χ0) is 19.6. The van der Waals surface area contributed by atoms with E-state index in [9.17, 15) is 9.18 Å². The number of fused-ring (bicyclic) bond motifs is 1. The smallest absolute Gasteiger partial charge is 0.410 e. The molecule has 0 fully saturated rings. The minimum Gasteiger partial charge on any atom is -0.444 e. The number of amides is 1. The fourth-order valence-corrected chi connectivity index (χ4v) is 2.96. The molecule has 0 bridgehead atoms. The number of ether oxygens (including phenoxy) is 2. The molecule has 0 aromatic heterocycles. The summed E-state index contributed by atoms with van der Waals surface area (Å²) in [5.74, 6) is -0.0491. The average Bonchev–Trinajstić information content (AvgIpc) is 2.72. The lowest BCUT2D eigenvalue weighted by Gasteiger charge is -2.26. The molecule has 0 spiro atoms. The maximum atomic E-state index is 14.5. The van der Waals surface area contributed by atoms with Crippen LogP contribution in [0.25, 0.3) is 0 Å². The quantitative estimate of drug-likeness (QED) is 0.663. The molecule has 26 heavy (non-hydrogen) atoms. The molecule has 1 aliphatic heterocycles. The molecule has 0 radical (unpaired) electrons. The number of hydrogen-bond donors (Lipinski definition) is 0. The molecule has 0 unspecified atom stereocenters. The van der Waals surface area contributed by atoms with Crippen LogP contribution in [0.15, 0.2) is 6.07 Å². The second kappa shape index (κ2) is 7.96. The molecule has 0 saturated heterocycles. The van der Waals surface area contributed by atoms with E-state index in [0.717, 1.165) is 0 Å². The van der Waals surface area contributed by atoms with Gasteiger partial charge >= 0.3 is 6.09 Å². The van der Waals surface area contributed by atoms with Gasteiger partial charge in [0.2, 0.25) is 0 Å². The predicted molar refractivity (Wildman–Crippen MR) is 104 cm³/mol. The van der Waals surface area contributed by atoms with Gasteiger partial charge in [-0.3, -0.25) is 0 Å². The van der Waals surface area contributed by atoms with E-state index in [-0.39, 0.29) is 10.2 Å². The molecule has 144 valence electrons. The molecule has 0 saturated carbocycles. The minimum atomic E-state index is -0.586. The van der Waals surface area contributed by atoms with Crippen molar-refractivity contribution in [1.29, 1.82) is 0 Å². The van der Waals surface area contributed by atoms with Gasteiger partial charge in [0.1, 0.15) is 11.4 Å². The van der Waals surface area contributed by atoms with Crippen LogP contribution in [-0.2, 0) is 17.6 Å². The molecule has 1 amide bonds. The van der Waals surface area contributed by atoms with Gasteiger partial charge in [0.15, 0.2) is 5.75 Å². The molecule has 0 aliphatic carbocycles. The monoisotopic (exact) mass is 402 g/mol. The van der Waals surface area contributed by atoms with E-state index < -0.39 is 17.5 Å². The zero-order valence-electron chi connectivity index (χ0n) is 15.7. The van der Waals surface area contributed by atoms with E-state index in [0.29, 0.717) is 42.8 Å². The number of carbonyl (C=O) groups excluding carboxylic acids is 1. The van der Waals surface area contributed by atoms with E-state index in [1.165, 1.54) is 6.07 Å². The molecule has 1 aliphatic rings. The van der Waals surface area contributed by atoms with Crippen LogP contribution in [0.1, 0.15) is 31.9 Å². The van der Waals surface area contributed by atoms with Crippen molar-refractivity contribution in [3.63, 3.8) is 0 Å². The normalized spacial score (nSPS) is 14.3. The van der Waals surface area contributed by atoms with Gasteiger partial charge in [-0.05, 0) is 57.5 Å². The number of hydrogen-bond acceptors (Lipinski definition) is 4. The van der Waals surface area contributed by atoms with E-state index in [1.807, 2.05) is 20.8 Å². The molecule has 2 rings (SSSR count). The Balaban J connectivity index is 2.29. The van der Waals surface area contributed by atoms with Crippen molar-refractivity contribution in [1.82, 2.24) is 9.80 Å². The first-order valence-corrected chi connectivity index (χ1v) is 9.15. The van der Waals surface area contributed by atoms with Gasteiger partial charge in [-0.25, -0.2) is 9.18 Å². The van der Waals surface area contributed by atoms with Crippen LogP contribution in [0, 0.1) is 5.82 Å². The SMILES string of the molecule is CN(C)C(=S)Oc1c(Cl)cc(F)c2c1CCN(C(=O)OC(C)(C)C)CC2. The first-order valence-electron chi connectivity index (χ1n) is 8.36. The number of carbonyl (C=O) groups is 1. The fourth-order valence-electron chi connectivity index (χ4n) is 2.63. The molecular formula is C18H24ClFN2O3S. The van der Waals surface area contributed by atoms with Gasteiger partial charge < -0.3 is 19.3 Å². The number of halogens is 2. The summed E-state index contributed by atoms with van der Waals surface area (Å²) < 4.78 is 25.6. The topological polar surface area (TPSA) is 42.0 Å². The molecule has 0 atom stereocenters. The summed E-state index contributed by atoms with van der Waals surface area (Å²) in [6.07, 6.45) is 0.336. The summed E-state index contributed by atoms with van der Waals surface area (Å²) in [6.45, 7) is 6.17. The first-order chi connectivity index (χ1) is 12.0. The largest absolute Gasteiger partial charge is 0.444 e. The molecule has 1 aromatic carbocycles. The third-order valence-corrected chi connectivity index (χ3v) is 4.60. The standard InChI is InChI=1S/C18H24ClFN2O3S/c1-18(2,3)25-16(23)22-8-6-11-12(7-9-22)15(13(19)10-14(11)20)24-17(26)21(4)5/h10H,6-9H2,1-5H3. The zero-order valence-corrected chi connectivity index (χ0v) is 17.3. The van der Waals surface area contributed by atoms with Crippen LogP contribution in [0.5, 0.6) is 5.75 Å². The van der Waals surface area contributed by atoms with Crippen molar-refractivity contribution in [3.8, 4) is 5.75 Å². The Bertz CT molecular complexity index is 719. The average molecular weight is 403 g/mol. The highest BCUT2D eigenvalue weighted by Gasteiger charge is 2.28. The second-order valence-electron chi connectivity index (χ2n) is 7.36. The maximum absolute atomic E-state index is 14.5. The summed E-state index contributed by atoms with van der Waals surface area (Å²) in [7, 11) is 3.51. The highest BCUT2D eigenvalue weighted by atomic mass is 35.5.